The highest BCUT2D eigenvalue weighted by Gasteiger charge is 2.64. The molecule has 2 bridgehead atoms. The lowest BCUT2D eigenvalue weighted by Crippen LogP contribution is -2.35. The SMILES string of the molecule is CC1C2CC3C1NS(=O)(=O)C3C2C. The van der Waals surface area contributed by atoms with E-state index < -0.39 is 10.0 Å². The minimum Gasteiger partial charge on any atom is -0.212 e. The van der Waals surface area contributed by atoms with Crippen molar-refractivity contribution in [2.24, 2.45) is 23.7 Å². The highest BCUT2D eigenvalue weighted by atomic mass is 32.2. The van der Waals surface area contributed by atoms with E-state index in [0.717, 1.165) is 6.42 Å². The molecule has 3 nitrogen and oxygen atoms in total. The third-order valence-electron chi connectivity index (χ3n) is 4.52. The van der Waals surface area contributed by atoms with Crippen LogP contribution in [0.1, 0.15) is 20.3 Å². The van der Waals surface area contributed by atoms with Gasteiger partial charge in [0.1, 0.15) is 0 Å². The van der Waals surface area contributed by atoms with Gasteiger partial charge in [0.2, 0.25) is 10.0 Å². The molecular formula is C9H15NO2S. The molecule has 13 heavy (non-hydrogen) atoms. The van der Waals surface area contributed by atoms with E-state index in [0.29, 0.717) is 23.7 Å². The van der Waals surface area contributed by atoms with Crippen LogP contribution in [0.5, 0.6) is 0 Å². The van der Waals surface area contributed by atoms with E-state index in [1.54, 1.807) is 0 Å². The van der Waals surface area contributed by atoms with Gasteiger partial charge in [0.15, 0.2) is 0 Å². The van der Waals surface area contributed by atoms with Gasteiger partial charge in [0.25, 0.3) is 0 Å². The molecule has 0 aromatic rings. The van der Waals surface area contributed by atoms with Crippen LogP contribution in [0.4, 0.5) is 0 Å². The lowest BCUT2D eigenvalue weighted by Gasteiger charge is -2.27. The molecule has 6 unspecified atom stereocenters. The predicted molar refractivity (Wildman–Crippen MR) is 49.6 cm³/mol. The Balaban J connectivity index is 2.14. The lowest BCUT2D eigenvalue weighted by atomic mass is 9.80. The van der Waals surface area contributed by atoms with Gasteiger partial charge in [-0.25, -0.2) is 13.1 Å². The molecule has 4 heteroatoms. The smallest absolute Gasteiger partial charge is 0.212 e. The van der Waals surface area contributed by atoms with Gasteiger partial charge in [-0.1, -0.05) is 13.8 Å². The van der Waals surface area contributed by atoms with Crippen molar-refractivity contribution >= 4 is 10.0 Å². The zero-order valence-corrected chi connectivity index (χ0v) is 8.71. The molecule has 3 rings (SSSR count). The van der Waals surface area contributed by atoms with Crippen LogP contribution in [-0.2, 0) is 10.0 Å². The number of rotatable bonds is 0. The molecule has 3 fully saturated rings. The normalized spacial score (nSPS) is 61.7. The zero-order valence-electron chi connectivity index (χ0n) is 7.90. The zero-order chi connectivity index (χ0) is 9.38. The van der Waals surface area contributed by atoms with Crippen molar-refractivity contribution < 1.29 is 8.42 Å². The maximum absolute atomic E-state index is 11.7. The fourth-order valence-corrected chi connectivity index (χ4v) is 6.41. The van der Waals surface area contributed by atoms with Crippen LogP contribution in [0.25, 0.3) is 0 Å². The predicted octanol–water partition coefficient (Wildman–Crippen LogP) is 0.579. The summed E-state index contributed by atoms with van der Waals surface area (Å²) in [5.74, 6) is 1.98. The van der Waals surface area contributed by atoms with Gasteiger partial charge in [-0.05, 0) is 30.1 Å². The summed E-state index contributed by atoms with van der Waals surface area (Å²) >= 11 is 0. The molecule has 0 aromatic heterocycles. The number of hydrogen-bond acceptors (Lipinski definition) is 2. The van der Waals surface area contributed by atoms with Crippen LogP contribution in [0.3, 0.4) is 0 Å². The highest BCUT2D eigenvalue weighted by molar-refractivity contribution is 7.90. The summed E-state index contributed by atoms with van der Waals surface area (Å²) in [6.07, 6.45) is 1.13. The van der Waals surface area contributed by atoms with Crippen molar-refractivity contribution in [3.05, 3.63) is 0 Å². The molecule has 0 radical (unpaired) electrons. The maximum Gasteiger partial charge on any atom is 0.215 e. The summed E-state index contributed by atoms with van der Waals surface area (Å²) in [6, 6.07) is 0.260. The van der Waals surface area contributed by atoms with Crippen LogP contribution in [0, 0.1) is 23.7 Å². The van der Waals surface area contributed by atoms with Gasteiger partial charge in [-0.2, -0.15) is 0 Å². The summed E-state index contributed by atoms with van der Waals surface area (Å²) in [5, 5.41) is -0.0706. The summed E-state index contributed by atoms with van der Waals surface area (Å²) < 4.78 is 26.3. The summed E-state index contributed by atoms with van der Waals surface area (Å²) in [5.41, 5.74) is 0. The summed E-state index contributed by atoms with van der Waals surface area (Å²) in [6.45, 7) is 4.29. The molecule has 1 saturated heterocycles. The standard InChI is InChI=1S/C9H15NO2S/c1-4-6-3-7-8(4)10-13(11,12)9(7)5(6)2/h4-10H,3H2,1-2H3. The van der Waals surface area contributed by atoms with E-state index in [-0.39, 0.29) is 11.3 Å². The molecule has 0 spiro atoms. The number of sulfonamides is 1. The van der Waals surface area contributed by atoms with E-state index in [1.165, 1.54) is 0 Å². The highest BCUT2D eigenvalue weighted by Crippen LogP contribution is 2.57. The van der Waals surface area contributed by atoms with Crippen molar-refractivity contribution in [2.75, 3.05) is 0 Å². The second-order valence-corrected chi connectivity index (χ2v) is 6.80. The fraction of sp³-hybridized carbons (Fsp3) is 1.00. The molecule has 3 aliphatic rings. The Morgan fingerprint density at radius 1 is 1.15 bits per heavy atom. The second kappa shape index (κ2) is 2.11. The molecule has 1 heterocycles. The van der Waals surface area contributed by atoms with E-state index in [4.69, 9.17) is 0 Å². The number of nitrogens with one attached hydrogen (secondary N) is 1. The topological polar surface area (TPSA) is 46.2 Å². The Bertz CT molecular complexity index is 351. The summed E-state index contributed by atoms with van der Waals surface area (Å²) in [4.78, 5) is 0. The fourth-order valence-electron chi connectivity index (χ4n) is 3.97. The molecule has 1 aliphatic heterocycles. The number of fused-ring (bicyclic) bond motifs is 1. The van der Waals surface area contributed by atoms with E-state index in [2.05, 4.69) is 18.6 Å². The molecule has 0 aromatic carbocycles. The minimum absolute atomic E-state index is 0.0706. The molecule has 2 saturated carbocycles. The first kappa shape index (κ1) is 8.24. The Kier molecular flexibility index (Phi) is 1.34. The van der Waals surface area contributed by atoms with Gasteiger partial charge in [-0.15, -0.1) is 0 Å². The van der Waals surface area contributed by atoms with Crippen LogP contribution >= 0.6 is 0 Å². The van der Waals surface area contributed by atoms with Crippen molar-refractivity contribution in [3.8, 4) is 0 Å². The Morgan fingerprint density at radius 3 is 2.46 bits per heavy atom. The van der Waals surface area contributed by atoms with Crippen LogP contribution in [-0.4, -0.2) is 19.7 Å². The first-order valence-electron chi connectivity index (χ1n) is 5.03. The van der Waals surface area contributed by atoms with Crippen LogP contribution < -0.4 is 4.72 Å². The lowest BCUT2D eigenvalue weighted by molar-refractivity contribution is 0.255. The Labute approximate surface area is 79.0 Å². The van der Waals surface area contributed by atoms with Crippen molar-refractivity contribution in [1.82, 2.24) is 4.72 Å². The molecule has 0 amide bonds. The van der Waals surface area contributed by atoms with E-state index in [1.807, 2.05) is 0 Å². The van der Waals surface area contributed by atoms with Crippen molar-refractivity contribution in [3.63, 3.8) is 0 Å². The van der Waals surface area contributed by atoms with Gasteiger partial charge in [0.05, 0.1) is 5.25 Å². The Morgan fingerprint density at radius 2 is 1.85 bits per heavy atom. The first-order valence-corrected chi connectivity index (χ1v) is 6.58. The van der Waals surface area contributed by atoms with Crippen LogP contribution in [0.15, 0.2) is 0 Å². The monoisotopic (exact) mass is 201 g/mol. The van der Waals surface area contributed by atoms with Gasteiger partial charge in [0, 0.05) is 6.04 Å². The number of hydrogen-bond donors (Lipinski definition) is 1. The minimum atomic E-state index is -2.96. The molecule has 74 valence electrons. The van der Waals surface area contributed by atoms with Crippen molar-refractivity contribution in [1.29, 1.82) is 0 Å². The molecule has 6 atom stereocenters. The molecule has 2 aliphatic carbocycles. The van der Waals surface area contributed by atoms with Gasteiger partial charge >= 0.3 is 0 Å². The quantitative estimate of drug-likeness (QED) is 0.623. The molecule has 1 N–H and O–H groups in total. The van der Waals surface area contributed by atoms with E-state index >= 15 is 0 Å². The average molecular weight is 201 g/mol. The van der Waals surface area contributed by atoms with Gasteiger partial charge in [-0.3, -0.25) is 0 Å². The van der Waals surface area contributed by atoms with E-state index in [9.17, 15) is 8.42 Å². The second-order valence-electron chi connectivity index (χ2n) is 4.93. The van der Waals surface area contributed by atoms with Crippen molar-refractivity contribution in [2.45, 2.75) is 31.6 Å². The van der Waals surface area contributed by atoms with Gasteiger partial charge < -0.3 is 0 Å². The first-order chi connectivity index (χ1) is 6.02. The largest absolute Gasteiger partial charge is 0.215 e. The summed E-state index contributed by atoms with van der Waals surface area (Å²) in [7, 11) is -2.96. The molecular weight excluding hydrogens is 186 g/mol. The third-order valence-corrected chi connectivity index (χ3v) is 6.62. The maximum atomic E-state index is 11.7. The Hall–Kier alpha value is -0.0900. The average Bonchev–Trinajstić information content (AvgIpc) is 2.54. The third kappa shape index (κ3) is 0.773. The van der Waals surface area contributed by atoms with Crippen LogP contribution in [0.2, 0.25) is 0 Å².